The van der Waals surface area contributed by atoms with Crippen molar-refractivity contribution >= 4 is 0 Å². The third-order valence-corrected chi connectivity index (χ3v) is 2.08. The van der Waals surface area contributed by atoms with Gasteiger partial charge in [-0.15, -0.1) is 0 Å². The third kappa shape index (κ3) is 3.61. The Labute approximate surface area is 92.0 Å². The van der Waals surface area contributed by atoms with Crippen LogP contribution in [0.4, 0.5) is 30.7 Å². The largest absolute Gasteiger partial charge is 0.389 e. The maximum Gasteiger partial charge on any atom is 0.389 e. The van der Waals surface area contributed by atoms with Gasteiger partial charge in [0, 0.05) is 6.42 Å². The number of hydrogen-bond acceptors (Lipinski definition) is 0. The lowest BCUT2D eigenvalue weighted by molar-refractivity contribution is -0.135. The number of alkyl halides is 3. The van der Waals surface area contributed by atoms with E-state index in [1.807, 2.05) is 0 Å². The summed E-state index contributed by atoms with van der Waals surface area (Å²) in [6, 6.07) is 0.365. The molecule has 0 saturated carbocycles. The summed E-state index contributed by atoms with van der Waals surface area (Å²) >= 11 is 0. The summed E-state index contributed by atoms with van der Waals surface area (Å²) in [7, 11) is 0. The molecule has 7 heteroatoms. The van der Waals surface area contributed by atoms with Crippen LogP contribution < -0.4 is 0 Å². The molecule has 0 saturated heterocycles. The number of halogens is 7. The number of rotatable bonds is 3. The van der Waals surface area contributed by atoms with Gasteiger partial charge in [0.25, 0.3) is 0 Å². The van der Waals surface area contributed by atoms with Crippen LogP contribution in [-0.4, -0.2) is 6.18 Å². The fraction of sp³-hybridized carbons (Fsp3) is 0.400. The average Bonchev–Trinajstić information content (AvgIpc) is 2.21. The molecule has 0 aliphatic carbocycles. The molecule has 0 radical (unpaired) electrons. The van der Waals surface area contributed by atoms with Crippen molar-refractivity contribution in [2.75, 3.05) is 0 Å². The minimum Gasteiger partial charge on any atom is -0.204 e. The van der Waals surface area contributed by atoms with Crippen LogP contribution in [0, 0.1) is 23.3 Å². The highest BCUT2D eigenvalue weighted by Gasteiger charge is 2.27. The molecule has 0 aromatic heterocycles. The van der Waals surface area contributed by atoms with Gasteiger partial charge >= 0.3 is 6.18 Å². The summed E-state index contributed by atoms with van der Waals surface area (Å²) in [5.41, 5.74) is -0.606. The van der Waals surface area contributed by atoms with Crippen molar-refractivity contribution in [1.82, 2.24) is 0 Å². The van der Waals surface area contributed by atoms with Crippen LogP contribution in [0.25, 0.3) is 0 Å². The monoisotopic (exact) mass is 260 g/mol. The Morgan fingerprint density at radius 3 is 2.00 bits per heavy atom. The van der Waals surface area contributed by atoms with E-state index >= 15 is 0 Å². The smallest absolute Gasteiger partial charge is 0.204 e. The lowest BCUT2D eigenvalue weighted by Crippen LogP contribution is -2.08. The number of aryl methyl sites for hydroxylation is 1. The maximum atomic E-state index is 13.0. The van der Waals surface area contributed by atoms with E-state index in [2.05, 4.69) is 0 Å². The zero-order valence-corrected chi connectivity index (χ0v) is 8.34. The van der Waals surface area contributed by atoms with Crippen LogP contribution in [0.1, 0.15) is 18.4 Å². The second kappa shape index (κ2) is 4.93. The second-order valence-corrected chi connectivity index (χ2v) is 3.43. The van der Waals surface area contributed by atoms with Crippen LogP contribution in [0.2, 0.25) is 0 Å². The molecule has 0 aliphatic rings. The van der Waals surface area contributed by atoms with Crippen molar-refractivity contribution in [2.45, 2.75) is 25.4 Å². The molecule has 0 amide bonds. The first kappa shape index (κ1) is 13.8. The highest BCUT2D eigenvalue weighted by atomic mass is 19.4. The van der Waals surface area contributed by atoms with E-state index in [0.29, 0.717) is 6.07 Å². The predicted molar refractivity (Wildman–Crippen MR) is 45.3 cm³/mol. The van der Waals surface area contributed by atoms with Crippen molar-refractivity contribution in [2.24, 2.45) is 0 Å². The summed E-state index contributed by atoms with van der Waals surface area (Å²) in [6.07, 6.45) is -6.66. The van der Waals surface area contributed by atoms with E-state index < -0.39 is 54.3 Å². The summed E-state index contributed by atoms with van der Waals surface area (Å²) in [5, 5.41) is 0. The first-order chi connectivity index (χ1) is 7.72. The Balaban J connectivity index is 2.79. The van der Waals surface area contributed by atoms with Crippen molar-refractivity contribution in [3.8, 4) is 0 Å². The van der Waals surface area contributed by atoms with E-state index in [1.165, 1.54) is 0 Å². The van der Waals surface area contributed by atoms with Crippen LogP contribution in [-0.2, 0) is 6.42 Å². The van der Waals surface area contributed by atoms with Gasteiger partial charge in [0.15, 0.2) is 23.3 Å². The summed E-state index contributed by atoms with van der Waals surface area (Å²) in [6.45, 7) is 0. The van der Waals surface area contributed by atoms with E-state index in [0.717, 1.165) is 0 Å². The van der Waals surface area contributed by atoms with Crippen molar-refractivity contribution < 1.29 is 30.7 Å². The molecule has 0 unspecified atom stereocenters. The van der Waals surface area contributed by atoms with Crippen LogP contribution in [0.5, 0.6) is 0 Å². The van der Waals surface area contributed by atoms with Gasteiger partial charge < -0.3 is 0 Å². The van der Waals surface area contributed by atoms with Crippen LogP contribution in [0.15, 0.2) is 6.07 Å². The van der Waals surface area contributed by atoms with Gasteiger partial charge in [-0.1, -0.05) is 0 Å². The van der Waals surface area contributed by atoms with Crippen molar-refractivity contribution in [3.63, 3.8) is 0 Å². The van der Waals surface area contributed by atoms with E-state index in [9.17, 15) is 30.7 Å². The van der Waals surface area contributed by atoms with Gasteiger partial charge in [-0.05, 0) is 24.5 Å². The van der Waals surface area contributed by atoms with Crippen LogP contribution in [0.3, 0.4) is 0 Å². The molecule has 96 valence electrons. The Kier molecular flexibility index (Phi) is 4.00. The number of benzene rings is 1. The Morgan fingerprint density at radius 1 is 0.882 bits per heavy atom. The van der Waals surface area contributed by atoms with E-state index in [1.54, 1.807) is 0 Å². The molecule has 0 heterocycles. The maximum absolute atomic E-state index is 13.0. The molecule has 17 heavy (non-hydrogen) atoms. The minimum atomic E-state index is -4.42. The molecule has 1 aromatic rings. The summed E-state index contributed by atoms with van der Waals surface area (Å²) < 4.78 is 86.2. The molecule has 0 fully saturated rings. The lowest BCUT2D eigenvalue weighted by Gasteiger charge is -2.07. The highest BCUT2D eigenvalue weighted by molar-refractivity contribution is 5.21. The zero-order valence-electron chi connectivity index (χ0n) is 8.34. The molecule has 0 N–H and O–H groups in total. The quantitative estimate of drug-likeness (QED) is 0.435. The van der Waals surface area contributed by atoms with Crippen molar-refractivity contribution in [3.05, 3.63) is 34.9 Å². The average molecular weight is 260 g/mol. The topological polar surface area (TPSA) is 0 Å². The second-order valence-electron chi connectivity index (χ2n) is 3.43. The molecule has 0 atom stereocenters. The first-order valence-electron chi connectivity index (χ1n) is 4.61. The Bertz CT molecular complexity index is 408. The molecule has 0 aliphatic heterocycles. The van der Waals surface area contributed by atoms with E-state index in [-0.39, 0.29) is 0 Å². The predicted octanol–water partition coefficient (Wildman–Crippen LogP) is 4.13. The van der Waals surface area contributed by atoms with Gasteiger partial charge in [-0.3, -0.25) is 0 Å². The van der Waals surface area contributed by atoms with E-state index in [4.69, 9.17) is 0 Å². The molecule has 0 nitrogen and oxygen atoms in total. The lowest BCUT2D eigenvalue weighted by atomic mass is 10.1. The summed E-state index contributed by atoms with van der Waals surface area (Å²) in [4.78, 5) is 0. The Hall–Kier alpha value is -1.27. The normalized spacial score (nSPS) is 11.9. The first-order valence-corrected chi connectivity index (χ1v) is 4.61. The third-order valence-electron chi connectivity index (χ3n) is 2.08. The molecule has 0 bridgehead atoms. The molecule has 1 rings (SSSR count). The summed E-state index contributed by atoms with van der Waals surface area (Å²) in [5.74, 6) is -7.24. The molecular formula is C10H7F7. The standard InChI is InChI=1S/C10H7F7/c11-6-4-5(2-1-3-10(15,16)17)7(12)9(14)8(6)13/h4H,1-3H2. The van der Waals surface area contributed by atoms with Gasteiger partial charge in [-0.25, -0.2) is 17.6 Å². The molecular weight excluding hydrogens is 253 g/mol. The van der Waals surface area contributed by atoms with Gasteiger partial charge in [0.2, 0.25) is 0 Å². The fourth-order valence-electron chi connectivity index (χ4n) is 1.28. The van der Waals surface area contributed by atoms with Gasteiger partial charge in [0.05, 0.1) is 0 Å². The van der Waals surface area contributed by atoms with Gasteiger partial charge in [-0.2, -0.15) is 13.2 Å². The SMILES string of the molecule is Fc1cc(CCCC(F)(F)F)c(F)c(F)c1F. The highest BCUT2D eigenvalue weighted by Crippen LogP contribution is 2.25. The zero-order chi connectivity index (χ0) is 13.2. The Morgan fingerprint density at radius 2 is 1.47 bits per heavy atom. The van der Waals surface area contributed by atoms with Crippen molar-refractivity contribution in [1.29, 1.82) is 0 Å². The van der Waals surface area contributed by atoms with Crippen LogP contribution >= 0.6 is 0 Å². The molecule has 0 spiro atoms. The number of hydrogen-bond donors (Lipinski definition) is 0. The minimum absolute atomic E-state index is 0.365. The molecule has 1 aromatic carbocycles. The van der Waals surface area contributed by atoms with Gasteiger partial charge in [0.1, 0.15) is 0 Å². The fourth-order valence-corrected chi connectivity index (χ4v) is 1.28.